The molecule has 1 unspecified atom stereocenters. The molecule has 1 N–H and O–H groups in total. The highest BCUT2D eigenvalue weighted by atomic mass is 79.9. The minimum Gasteiger partial charge on any atom is -0.444 e. The lowest BCUT2D eigenvalue weighted by Crippen LogP contribution is -2.49. The van der Waals surface area contributed by atoms with Crippen molar-refractivity contribution in [1.29, 1.82) is 0 Å². The molecule has 19 heavy (non-hydrogen) atoms. The van der Waals surface area contributed by atoms with E-state index in [4.69, 9.17) is 4.74 Å². The molecule has 2 heterocycles. The molecule has 1 saturated heterocycles. The van der Waals surface area contributed by atoms with Gasteiger partial charge in [0.1, 0.15) is 5.60 Å². The number of carbonyl (C=O) groups excluding carboxylic acids is 1. The van der Waals surface area contributed by atoms with Crippen molar-refractivity contribution in [2.75, 3.05) is 19.6 Å². The van der Waals surface area contributed by atoms with Gasteiger partial charge in [-0.1, -0.05) is 0 Å². The molecule has 0 aromatic carbocycles. The van der Waals surface area contributed by atoms with Gasteiger partial charge in [-0.25, -0.2) is 4.79 Å². The summed E-state index contributed by atoms with van der Waals surface area (Å²) < 4.78 is 6.52. The highest BCUT2D eigenvalue weighted by molar-refractivity contribution is 9.10. The zero-order chi connectivity index (χ0) is 14.0. The number of amides is 1. The van der Waals surface area contributed by atoms with Crippen LogP contribution in [0.3, 0.4) is 0 Å². The van der Waals surface area contributed by atoms with Crippen LogP contribution in [0.2, 0.25) is 0 Å². The third-order valence-electron chi connectivity index (χ3n) is 2.79. The van der Waals surface area contributed by atoms with Crippen molar-refractivity contribution < 1.29 is 9.53 Å². The molecule has 1 aliphatic heterocycles. The first-order valence-electron chi connectivity index (χ1n) is 6.31. The first kappa shape index (κ1) is 14.8. The monoisotopic (exact) mass is 346 g/mol. The highest BCUT2D eigenvalue weighted by Gasteiger charge is 2.29. The van der Waals surface area contributed by atoms with Crippen LogP contribution in [0.1, 0.15) is 31.7 Å². The Kier molecular flexibility index (Phi) is 4.53. The zero-order valence-electron chi connectivity index (χ0n) is 11.4. The maximum absolute atomic E-state index is 12.1. The Labute approximate surface area is 126 Å². The Balaban J connectivity index is 2.01. The van der Waals surface area contributed by atoms with Crippen LogP contribution in [0.25, 0.3) is 0 Å². The van der Waals surface area contributed by atoms with Crippen LogP contribution in [0.4, 0.5) is 4.79 Å². The smallest absolute Gasteiger partial charge is 0.410 e. The molecular formula is C13H19BrN2O2S. The molecule has 1 fully saturated rings. The largest absolute Gasteiger partial charge is 0.444 e. The molecule has 106 valence electrons. The lowest BCUT2D eigenvalue weighted by atomic mass is 10.2. The summed E-state index contributed by atoms with van der Waals surface area (Å²) >= 11 is 5.24. The molecule has 0 bridgehead atoms. The van der Waals surface area contributed by atoms with Gasteiger partial charge in [-0.05, 0) is 48.1 Å². The molecule has 1 aromatic rings. The number of hydrogen-bond donors (Lipinski definition) is 1. The fraction of sp³-hybridized carbons (Fsp3) is 0.615. The summed E-state index contributed by atoms with van der Waals surface area (Å²) in [4.78, 5) is 15.1. The van der Waals surface area contributed by atoms with Crippen LogP contribution >= 0.6 is 27.3 Å². The fourth-order valence-electron chi connectivity index (χ4n) is 1.97. The molecule has 0 aliphatic carbocycles. The molecule has 1 amide bonds. The van der Waals surface area contributed by atoms with Crippen molar-refractivity contribution in [2.45, 2.75) is 32.4 Å². The van der Waals surface area contributed by atoms with E-state index >= 15 is 0 Å². The van der Waals surface area contributed by atoms with Crippen molar-refractivity contribution in [3.05, 3.63) is 20.8 Å². The first-order chi connectivity index (χ1) is 8.87. The van der Waals surface area contributed by atoms with Crippen molar-refractivity contribution in [1.82, 2.24) is 10.2 Å². The summed E-state index contributed by atoms with van der Waals surface area (Å²) in [5, 5.41) is 5.49. The van der Waals surface area contributed by atoms with Gasteiger partial charge in [0.2, 0.25) is 0 Å². The number of nitrogens with zero attached hydrogens (tertiary/aromatic N) is 1. The van der Waals surface area contributed by atoms with Crippen LogP contribution in [0.15, 0.2) is 15.9 Å². The third-order valence-corrected chi connectivity index (χ3v) is 4.77. The Hall–Kier alpha value is -0.590. The molecule has 0 saturated carbocycles. The summed E-state index contributed by atoms with van der Waals surface area (Å²) in [6, 6.07) is 2.21. The maximum atomic E-state index is 12.1. The van der Waals surface area contributed by atoms with E-state index in [9.17, 15) is 4.79 Å². The normalized spacial score (nSPS) is 20.4. The average molecular weight is 347 g/mol. The minimum atomic E-state index is -0.443. The van der Waals surface area contributed by atoms with Gasteiger partial charge in [0.25, 0.3) is 0 Å². The predicted molar refractivity (Wildman–Crippen MR) is 80.6 cm³/mol. The van der Waals surface area contributed by atoms with Gasteiger partial charge in [-0.3, -0.25) is 0 Å². The van der Waals surface area contributed by atoms with E-state index in [0.717, 1.165) is 11.0 Å². The molecule has 1 aromatic heterocycles. The second-order valence-electron chi connectivity index (χ2n) is 5.57. The van der Waals surface area contributed by atoms with Crippen LogP contribution in [0, 0.1) is 0 Å². The van der Waals surface area contributed by atoms with Crippen LogP contribution in [-0.4, -0.2) is 36.2 Å². The predicted octanol–water partition coefficient (Wildman–Crippen LogP) is 3.39. The molecule has 1 aliphatic rings. The van der Waals surface area contributed by atoms with Gasteiger partial charge in [-0.15, -0.1) is 11.3 Å². The van der Waals surface area contributed by atoms with E-state index in [1.165, 1.54) is 4.88 Å². The lowest BCUT2D eigenvalue weighted by molar-refractivity contribution is 0.0196. The number of nitrogens with one attached hydrogen (secondary N) is 1. The Morgan fingerprint density at radius 1 is 1.58 bits per heavy atom. The van der Waals surface area contributed by atoms with E-state index in [1.807, 2.05) is 32.2 Å². The van der Waals surface area contributed by atoms with E-state index in [1.54, 1.807) is 16.2 Å². The maximum Gasteiger partial charge on any atom is 0.410 e. The highest BCUT2D eigenvalue weighted by Crippen LogP contribution is 2.30. The molecule has 0 radical (unpaired) electrons. The quantitative estimate of drug-likeness (QED) is 0.847. The second-order valence-corrected chi connectivity index (χ2v) is 7.37. The van der Waals surface area contributed by atoms with Crippen molar-refractivity contribution >= 4 is 33.4 Å². The van der Waals surface area contributed by atoms with Crippen LogP contribution < -0.4 is 5.32 Å². The number of piperazine rings is 1. The summed E-state index contributed by atoms with van der Waals surface area (Å²) in [5.41, 5.74) is -0.443. The minimum absolute atomic E-state index is 0.177. The van der Waals surface area contributed by atoms with Crippen molar-refractivity contribution in [3.63, 3.8) is 0 Å². The summed E-state index contributed by atoms with van der Waals surface area (Å²) in [6.07, 6.45) is -0.230. The van der Waals surface area contributed by atoms with E-state index in [2.05, 4.69) is 21.2 Å². The lowest BCUT2D eigenvalue weighted by Gasteiger charge is -2.34. The van der Waals surface area contributed by atoms with Crippen molar-refractivity contribution in [2.24, 2.45) is 0 Å². The number of hydrogen-bond acceptors (Lipinski definition) is 4. The van der Waals surface area contributed by atoms with E-state index < -0.39 is 5.60 Å². The SMILES string of the molecule is CC(C)(C)OC(=O)N1CCNC(c2sccc2Br)C1. The van der Waals surface area contributed by atoms with Gasteiger partial charge in [0.15, 0.2) is 0 Å². The fourth-order valence-corrected chi connectivity index (χ4v) is 3.69. The Morgan fingerprint density at radius 3 is 2.89 bits per heavy atom. The van der Waals surface area contributed by atoms with Gasteiger partial charge in [-0.2, -0.15) is 0 Å². The van der Waals surface area contributed by atoms with Gasteiger partial charge >= 0.3 is 6.09 Å². The number of ether oxygens (including phenoxy) is 1. The van der Waals surface area contributed by atoms with Crippen LogP contribution in [0.5, 0.6) is 0 Å². The van der Waals surface area contributed by atoms with Gasteiger partial charge < -0.3 is 15.0 Å². The molecular weight excluding hydrogens is 328 g/mol. The average Bonchev–Trinajstić information content (AvgIpc) is 2.73. The number of thiophene rings is 1. The Bertz CT molecular complexity index is 456. The van der Waals surface area contributed by atoms with E-state index in [-0.39, 0.29) is 12.1 Å². The number of rotatable bonds is 1. The standard InChI is InChI=1S/C13H19BrN2O2S/c1-13(2,3)18-12(17)16-6-5-15-10(8-16)11-9(14)4-7-19-11/h4,7,10,15H,5-6,8H2,1-3H3. The van der Waals surface area contributed by atoms with Crippen LogP contribution in [-0.2, 0) is 4.74 Å². The molecule has 6 heteroatoms. The molecule has 4 nitrogen and oxygen atoms in total. The number of halogens is 1. The Morgan fingerprint density at radius 2 is 2.32 bits per heavy atom. The third kappa shape index (κ3) is 3.94. The molecule has 1 atom stereocenters. The summed E-state index contributed by atoms with van der Waals surface area (Å²) in [6.45, 7) is 7.79. The number of carbonyl (C=O) groups is 1. The van der Waals surface area contributed by atoms with Crippen molar-refractivity contribution in [3.8, 4) is 0 Å². The van der Waals surface area contributed by atoms with Gasteiger partial charge in [0.05, 0.1) is 6.04 Å². The molecule has 0 spiro atoms. The second kappa shape index (κ2) is 5.81. The first-order valence-corrected chi connectivity index (χ1v) is 7.98. The topological polar surface area (TPSA) is 41.6 Å². The summed E-state index contributed by atoms with van der Waals surface area (Å²) in [7, 11) is 0. The van der Waals surface area contributed by atoms with Gasteiger partial charge in [0, 0.05) is 29.0 Å². The van der Waals surface area contributed by atoms with E-state index in [0.29, 0.717) is 13.1 Å². The zero-order valence-corrected chi connectivity index (χ0v) is 13.8. The molecule has 2 rings (SSSR count). The summed E-state index contributed by atoms with van der Waals surface area (Å²) in [5.74, 6) is 0.